The molecule has 0 aliphatic rings. The molecule has 0 aliphatic heterocycles. The zero-order chi connectivity index (χ0) is 23.2. The Bertz CT molecular complexity index is 1710. The van der Waals surface area contributed by atoms with E-state index in [1.54, 1.807) is 6.07 Å². The van der Waals surface area contributed by atoms with E-state index in [0.717, 1.165) is 49.9 Å². The van der Waals surface area contributed by atoms with Gasteiger partial charge < -0.3 is 8.83 Å². The molecule has 164 valence electrons. The Kier molecular flexibility index (Phi) is 4.86. The summed E-state index contributed by atoms with van der Waals surface area (Å²) in [5.41, 5.74) is 6.38. The first kappa shape index (κ1) is 20.5. The van der Waals surface area contributed by atoms with Crippen molar-refractivity contribution in [2.24, 2.45) is 0 Å². The standard InChI is InChI=1S/C30H19ClO3/c1-18-28-24(23(17-26(32)33-28)19-8-4-2-5-9-19)16-25-27(20-12-14-22(31)15-13-20)30(34-29(18)25)21-10-6-3-7-11-21/h2-17H,1H3. The van der Waals surface area contributed by atoms with Gasteiger partial charge in [-0.2, -0.15) is 0 Å². The topological polar surface area (TPSA) is 43.4 Å². The Morgan fingerprint density at radius 2 is 1.26 bits per heavy atom. The molecular formula is C30H19ClO3. The summed E-state index contributed by atoms with van der Waals surface area (Å²) < 4.78 is 12.2. The second-order valence-electron chi connectivity index (χ2n) is 8.28. The molecule has 0 amide bonds. The lowest BCUT2D eigenvalue weighted by Crippen LogP contribution is -1.99. The van der Waals surface area contributed by atoms with E-state index in [1.165, 1.54) is 0 Å². The highest BCUT2D eigenvalue weighted by Crippen LogP contribution is 2.45. The van der Waals surface area contributed by atoms with Gasteiger partial charge in [0.2, 0.25) is 0 Å². The van der Waals surface area contributed by atoms with Gasteiger partial charge in [-0.15, -0.1) is 0 Å². The fourth-order valence-electron chi connectivity index (χ4n) is 4.58. The van der Waals surface area contributed by atoms with Crippen LogP contribution in [0, 0.1) is 6.92 Å². The molecule has 0 spiro atoms. The highest BCUT2D eigenvalue weighted by Gasteiger charge is 2.22. The molecule has 0 atom stereocenters. The Morgan fingerprint density at radius 3 is 1.94 bits per heavy atom. The summed E-state index contributed by atoms with van der Waals surface area (Å²) in [5, 5.41) is 2.50. The second-order valence-corrected chi connectivity index (χ2v) is 8.72. The van der Waals surface area contributed by atoms with Crippen LogP contribution in [0.5, 0.6) is 0 Å². The quantitative estimate of drug-likeness (QED) is 0.247. The molecule has 4 heteroatoms. The number of fused-ring (bicyclic) bond motifs is 2. The molecule has 0 N–H and O–H groups in total. The monoisotopic (exact) mass is 462 g/mol. The predicted molar refractivity (Wildman–Crippen MR) is 138 cm³/mol. The van der Waals surface area contributed by atoms with Gasteiger partial charge >= 0.3 is 5.63 Å². The Hall–Kier alpha value is -4.08. The fourth-order valence-corrected chi connectivity index (χ4v) is 4.71. The number of furan rings is 1. The second kappa shape index (κ2) is 8.05. The minimum absolute atomic E-state index is 0.387. The maximum Gasteiger partial charge on any atom is 0.336 e. The minimum atomic E-state index is -0.387. The van der Waals surface area contributed by atoms with E-state index < -0.39 is 0 Å². The largest absolute Gasteiger partial charge is 0.455 e. The van der Waals surface area contributed by atoms with Crippen molar-refractivity contribution in [3.05, 3.63) is 118 Å². The van der Waals surface area contributed by atoms with Gasteiger partial charge in [0.15, 0.2) is 0 Å². The number of halogens is 1. The summed E-state index contributed by atoms with van der Waals surface area (Å²) in [6.45, 7) is 1.94. The summed E-state index contributed by atoms with van der Waals surface area (Å²) in [5.74, 6) is 0.764. The minimum Gasteiger partial charge on any atom is -0.455 e. The molecule has 6 rings (SSSR count). The van der Waals surface area contributed by atoms with E-state index in [2.05, 4.69) is 6.07 Å². The van der Waals surface area contributed by atoms with E-state index in [1.807, 2.05) is 91.9 Å². The van der Waals surface area contributed by atoms with E-state index in [4.69, 9.17) is 20.4 Å². The van der Waals surface area contributed by atoms with Crippen LogP contribution in [0.3, 0.4) is 0 Å². The van der Waals surface area contributed by atoms with Gasteiger partial charge in [0, 0.05) is 38.6 Å². The van der Waals surface area contributed by atoms with Crippen LogP contribution in [-0.2, 0) is 0 Å². The van der Waals surface area contributed by atoms with E-state index >= 15 is 0 Å². The first-order valence-corrected chi connectivity index (χ1v) is 11.4. The molecular weight excluding hydrogens is 444 g/mol. The molecule has 6 aromatic rings. The van der Waals surface area contributed by atoms with Crippen LogP contribution in [0.4, 0.5) is 0 Å². The van der Waals surface area contributed by atoms with Crippen molar-refractivity contribution in [3.8, 4) is 33.6 Å². The average Bonchev–Trinajstić information content (AvgIpc) is 3.26. The van der Waals surface area contributed by atoms with Gasteiger partial charge in [-0.3, -0.25) is 0 Å². The molecule has 0 fully saturated rings. The first-order chi connectivity index (χ1) is 16.6. The third kappa shape index (κ3) is 3.33. The molecule has 2 aromatic heterocycles. The molecule has 2 heterocycles. The third-order valence-electron chi connectivity index (χ3n) is 6.17. The SMILES string of the molecule is Cc1c2oc(=O)cc(-c3ccccc3)c2cc2c(-c3ccc(Cl)cc3)c(-c3ccccc3)oc12. The summed E-state index contributed by atoms with van der Waals surface area (Å²) >= 11 is 6.19. The number of rotatable bonds is 3. The van der Waals surface area contributed by atoms with Gasteiger partial charge in [0.05, 0.1) is 0 Å². The van der Waals surface area contributed by atoms with Crippen LogP contribution < -0.4 is 5.63 Å². The molecule has 3 nitrogen and oxygen atoms in total. The first-order valence-electron chi connectivity index (χ1n) is 11.0. The van der Waals surface area contributed by atoms with Crippen molar-refractivity contribution in [3.63, 3.8) is 0 Å². The van der Waals surface area contributed by atoms with Gasteiger partial charge in [0.25, 0.3) is 0 Å². The van der Waals surface area contributed by atoms with Crippen molar-refractivity contribution in [2.75, 3.05) is 0 Å². The van der Waals surface area contributed by atoms with Crippen LogP contribution in [-0.4, -0.2) is 0 Å². The Labute approximate surface area is 200 Å². The maximum absolute atomic E-state index is 12.5. The molecule has 4 aromatic carbocycles. The number of aryl methyl sites for hydroxylation is 1. The lowest BCUT2D eigenvalue weighted by molar-refractivity contribution is 0.557. The van der Waals surface area contributed by atoms with Crippen molar-refractivity contribution in [1.82, 2.24) is 0 Å². The number of hydrogen-bond donors (Lipinski definition) is 0. The van der Waals surface area contributed by atoms with Crippen molar-refractivity contribution < 1.29 is 8.83 Å². The third-order valence-corrected chi connectivity index (χ3v) is 6.42. The Morgan fingerprint density at radius 1 is 0.647 bits per heavy atom. The maximum atomic E-state index is 12.5. The molecule has 0 unspecified atom stereocenters. The molecule has 34 heavy (non-hydrogen) atoms. The van der Waals surface area contributed by atoms with Gasteiger partial charge in [0.1, 0.15) is 16.9 Å². The van der Waals surface area contributed by atoms with E-state index in [9.17, 15) is 4.79 Å². The highest BCUT2D eigenvalue weighted by atomic mass is 35.5. The van der Waals surface area contributed by atoms with Gasteiger partial charge in [-0.05, 0) is 41.8 Å². The van der Waals surface area contributed by atoms with Crippen LogP contribution in [0.2, 0.25) is 5.02 Å². The number of hydrogen-bond acceptors (Lipinski definition) is 3. The van der Waals surface area contributed by atoms with Crippen molar-refractivity contribution >= 4 is 33.5 Å². The normalized spacial score (nSPS) is 11.4. The van der Waals surface area contributed by atoms with E-state index in [0.29, 0.717) is 16.2 Å². The highest BCUT2D eigenvalue weighted by molar-refractivity contribution is 6.30. The summed E-state index contributed by atoms with van der Waals surface area (Å²) in [6.07, 6.45) is 0. The van der Waals surface area contributed by atoms with Gasteiger partial charge in [-0.25, -0.2) is 4.79 Å². The van der Waals surface area contributed by atoms with Gasteiger partial charge in [-0.1, -0.05) is 84.4 Å². The number of benzene rings is 4. The molecule has 0 aliphatic carbocycles. The summed E-state index contributed by atoms with van der Waals surface area (Å²) in [7, 11) is 0. The summed E-state index contributed by atoms with van der Waals surface area (Å²) in [4.78, 5) is 12.5. The van der Waals surface area contributed by atoms with Crippen LogP contribution in [0.1, 0.15) is 5.56 Å². The molecule has 0 radical (unpaired) electrons. The molecule has 0 saturated carbocycles. The predicted octanol–water partition coefficient (Wildman–Crippen LogP) is 8.50. The van der Waals surface area contributed by atoms with Crippen LogP contribution in [0.25, 0.3) is 55.5 Å². The smallest absolute Gasteiger partial charge is 0.336 e. The van der Waals surface area contributed by atoms with E-state index in [-0.39, 0.29) is 5.63 Å². The molecule has 0 bridgehead atoms. The summed E-state index contributed by atoms with van der Waals surface area (Å²) in [6, 6.07) is 31.3. The van der Waals surface area contributed by atoms with Crippen molar-refractivity contribution in [1.29, 1.82) is 0 Å². The zero-order valence-electron chi connectivity index (χ0n) is 18.3. The lowest BCUT2D eigenvalue weighted by atomic mass is 9.94. The van der Waals surface area contributed by atoms with Crippen LogP contribution in [0.15, 0.2) is 111 Å². The van der Waals surface area contributed by atoms with Crippen molar-refractivity contribution in [2.45, 2.75) is 6.92 Å². The van der Waals surface area contributed by atoms with Crippen LogP contribution >= 0.6 is 11.6 Å². The zero-order valence-corrected chi connectivity index (χ0v) is 19.1. The molecule has 0 saturated heterocycles. The Balaban J connectivity index is 1.77. The average molecular weight is 463 g/mol. The lowest BCUT2D eigenvalue weighted by Gasteiger charge is -2.09. The fraction of sp³-hybridized carbons (Fsp3) is 0.0333.